The molecule has 1 aliphatic heterocycles. The van der Waals surface area contributed by atoms with E-state index < -0.39 is 18.8 Å². The van der Waals surface area contributed by atoms with Crippen molar-refractivity contribution < 1.29 is 23.1 Å². The Balaban J connectivity index is 2.06. The van der Waals surface area contributed by atoms with Gasteiger partial charge in [0.2, 0.25) is 0 Å². The van der Waals surface area contributed by atoms with Crippen LogP contribution < -0.4 is 10.6 Å². The van der Waals surface area contributed by atoms with Crippen LogP contribution in [0.25, 0.3) is 0 Å². The molecule has 8 heteroatoms. The lowest BCUT2D eigenvalue weighted by atomic mass is 9.93. The molecule has 1 unspecified atom stereocenters. The number of nitrogens with one attached hydrogen (secondary N) is 2. The summed E-state index contributed by atoms with van der Waals surface area (Å²) < 4.78 is 36.8. The Labute approximate surface area is 129 Å². The number of urea groups is 1. The normalized spacial score (nSPS) is 19.0. The van der Waals surface area contributed by atoms with Gasteiger partial charge in [-0.1, -0.05) is 0 Å². The first-order valence-electron chi connectivity index (χ1n) is 7.75. The van der Waals surface area contributed by atoms with Gasteiger partial charge in [-0.2, -0.15) is 13.2 Å². The van der Waals surface area contributed by atoms with E-state index in [0.29, 0.717) is 38.5 Å². The van der Waals surface area contributed by atoms with E-state index in [1.807, 2.05) is 0 Å². The standard InChI is InChI=1S/C14H26F3N3O2/c1-11(21)2-6-18-13(22)19-7-3-12-4-8-20(9-5-12)10-14(15,16)17/h11-12,21H,2-10H2,1H3,(H2,18,19,22). The summed E-state index contributed by atoms with van der Waals surface area (Å²) in [7, 11) is 0. The van der Waals surface area contributed by atoms with Gasteiger partial charge in [0.25, 0.3) is 0 Å². The number of aliphatic hydroxyl groups excluding tert-OH is 1. The lowest BCUT2D eigenvalue weighted by Crippen LogP contribution is -2.41. The quantitative estimate of drug-likeness (QED) is 0.668. The highest BCUT2D eigenvalue weighted by atomic mass is 19.4. The maximum atomic E-state index is 12.3. The summed E-state index contributed by atoms with van der Waals surface area (Å²) >= 11 is 0. The van der Waals surface area contributed by atoms with Crippen molar-refractivity contribution in [3.05, 3.63) is 0 Å². The topological polar surface area (TPSA) is 64.6 Å². The third-order valence-corrected chi connectivity index (χ3v) is 3.80. The second kappa shape index (κ2) is 9.19. The summed E-state index contributed by atoms with van der Waals surface area (Å²) in [6.07, 6.45) is -1.81. The number of piperidine rings is 1. The van der Waals surface area contributed by atoms with Crippen LogP contribution in [0.1, 0.15) is 32.6 Å². The van der Waals surface area contributed by atoms with E-state index in [9.17, 15) is 18.0 Å². The molecule has 1 fully saturated rings. The maximum Gasteiger partial charge on any atom is 0.401 e. The average Bonchev–Trinajstić information content (AvgIpc) is 2.38. The molecule has 0 aromatic carbocycles. The van der Waals surface area contributed by atoms with Crippen LogP contribution in [0, 0.1) is 5.92 Å². The van der Waals surface area contributed by atoms with Gasteiger partial charge in [0.15, 0.2) is 0 Å². The van der Waals surface area contributed by atoms with E-state index in [1.54, 1.807) is 6.92 Å². The van der Waals surface area contributed by atoms with E-state index in [1.165, 1.54) is 4.90 Å². The SMILES string of the molecule is CC(O)CCNC(=O)NCCC1CCN(CC(F)(F)F)CC1. The molecule has 1 saturated heterocycles. The molecule has 0 bridgehead atoms. The van der Waals surface area contributed by atoms with E-state index in [4.69, 9.17) is 5.11 Å². The van der Waals surface area contributed by atoms with Crippen LogP contribution in [-0.4, -0.2) is 61.0 Å². The lowest BCUT2D eigenvalue weighted by molar-refractivity contribution is -0.148. The average molecular weight is 325 g/mol. The molecule has 2 amide bonds. The maximum absolute atomic E-state index is 12.3. The number of amides is 2. The molecule has 22 heavy (non-hydrogen) atoms. The van der Waals surface area contributed by atoms with E-state index in [-0.39, 0.29) is 6.03 Å². The Kier molecular flexibility index (Phi) is 7.95. The molecule has 1 rings (SSSR count). The van der Waals surface area contributed by atoms with Gasteiger partial charge in [-0.3, -0.25) is 4.90 Å². The van der Waals surface area contributed by atoms with Gasteiger partial charge in [0.1, 0.15) is 0 Å². The van der Waals surface area contributed by atoms with Crippen molar-refractivity contribution in [2.75, 3.05) is 32.7 Å². The largest absolute Gasteiger partial charge is 0.401 e. The highest BCUT2D eigenvalue weighted by Gasteiger charge is 2.32. The van der Waals surface area contributed by atoms with Crippen LogP contribution in [0.15, 0.2) is 0 Å². The number of likely N-dealkylation sites (tertiary alicyclic amines) is 1. The van der Waals surface area contributed by atoms with Gasteiger partial charge >= 0.3 is 12.2 Å². The van der Waals surface area contributed by atoms with Crippen LogP contribution in [0.5, 0.6) is 0 Å². The van der Waals surface area contributed by atoms with Gasteiger partial charge in [-0.15, -0.1) is 0 Å². The highest BCUT2D eigenvalue weighted by Crippen LogP contribution is 2.23. The molecular weight excluding hydrogens is 299 g/mol. The number of aliphatic hydroxyl groups is 1. The van der Waals surface area contributed by atoms with Crippen LogP contribution in [-0.2, 0) is 0 Å². The molecule has 0 saturated carbocycles. The second-order valence-electron chi connectivity index (χ2n) is 5.94. The number of hydrogen-bond acceptors (Lipinski definition) is 3. The van der Waals surface area contributed by atoms with Crippen LogP contribution in [0.4, 0.5) is 18.0 Å². The zero-order chi connectivity index (χ0) is 16.6. The predicted octanol–water partition coefficient (Wildman–Crippen LogP) is 1.72. The molecule has 1 aliphatic rings. The van der Waals surface area contributed by atoms with Crippen molar-refractivity contribution in [1.29, 1.82) is 0 Å². The highest BCUT2D eigenvalue weighted by molar-refractivity contribution is 5.73. The van der Waals surface area contributed by atoms with Crippen molar-refractivity contribution in [3.8, 4) is 0 Å². The number of hydrogen-bond donors (Lipinski definition) is 3. The number of carbonyl (C=O) groups excluding carboxylic acids is 1. The van der Waals surface area contributed by atoms with E-state index >= 15 is 0 Å². The minimum Gasteiger partial charge on any atom is -0.393 e. The van der Waals surface area contributed by atoms with Gasteiger partial charge in [0.05, 0.1) is 12.6 Å². The number of nitrogens with zero attached hydrogens (tertiary/aromatic N) is 1. The Morgan fingerprint density at radius 2 is 1.86 bits per heavy atom. The van der Waals surface area contributed by atoms with E-state index in [2.05, 4.69) is 10.6 Å². The van der Waals surface area contributed by atoms with Crippen molar-refractivity contribution >= 4 is 6.03 Å². The summed E-state index contributed by atoms with van der Waals surface area (Å²) in [6, 6.07) is -0.268. The fourth-order valence-electron chi connectivity index (χ4n) is 2.53. The first-order chi connectivity index (χ1) is 10.3. The molecule has 0 spiro atoms. The lowest BCUT2D eigenvalue weighted by Gasteiger charge is -2.32. The molecule has 0 aliphatic carbocycles. The van der Waals surface area contributed by atoms with Crippen molar-refractivity contribution in [2.45, 2.75) is 44.9 Å². The Morgan fingerprint density at radius 1 is 1.27 bits per heavy atom. The second-order valence-corrected chi connectivity index (χ2v) is 5.94. The van der Waals surface area contributed by atoms with Gasteiger partial charge in [-0.05, 0) is 51.6 Å². The number of halogens is 3. The monoisotopic (exact) mass is 325 g/mol. The molecular formula is C14H26F3N3O2. The zero-order valence-electron chi connectivity index (χ0n) is 13.0. The van der Waals surface area contributed by atoms with Crippen molar-refractivity contribution in [2.24, 2.45) is 5.92 Å². The minimum atomic E-state index is -4.13. The molecule has 1 heterocycles. The Hall–Kier alpha value is -1.02. The molecule has 3 N–H and O–H groups in total. The number of carbonyl (C=O) groups is 1. The fraction of sp³-hybridized carbons (Fsp3) is 0.929. The smallest absolute Gasteiger partial charge is 0.393 e. The molecule has 0 aromatic rings. The summed E-state index contributed by atoms with van der Waals surface area (Å²) in [5.74, 6) is 0.363. The molecule has 130 valence electrons. The van der Waals surface area contributed by atoms with Crippen LogP contribution in [0.2, 0.25) is 0 Å². The summed E-state index contributed by atoms with van der Waals surface area (Å²) in [5, 5.41) is 14.4. The van der Waals surface area contributed by atoms with E-state index in [0.717, 1.165) is 19.3 Å². The summed E-state index contributed by atoms with van der Waals surface area (Å²) in [5.41, 5.74) is 0. The van der Waals surface area contributed by atoms with Crippen LogP contribution >= 0.6 is 0 Å². The molecule has 5 nitrogen and oxygen atoms in total. The molecule has 1 atom stereocenters. The fourth-order valence-corrected chi connectivity index (χ4v) is 2.53. The van der Waals surface area contributed by atoms with Crippen molar-refractivity contribution in [3.63, 3.8) is 0 Å². The minimum absolute atomic E-state index is 0.268. The summed E-state index contributed by atoms with van der Waals surface area (Å²) in [6.45, 7) is 2.69. The third-order valence-electron chi connectivity index (χ3n) is 3.80. The number of rotatable bonds is 7. The molecule has 0 aromatic heterocycles. The Morgan fingerprint density at radius 3 is 2.41 bits per heavy atom. The first kappa shape index (κ1) is 19.0. The van der Waals surface area contributed by atoms with Gasteiger partial charge < -0.3 is 15.7 Å². The van der Waals surface area contributed by atoms with Crippen molar-refractivity contribution in [1.82, 2.24) is 15.5 Å². The van der Waals surface area contributed by atoms with Gasteiger partial charge in [-0.25, -0.2) is 4.79 Å². The summed E-state index contributed by atoms with van der Waals surface area (Å²) in [4.78, 5) is 12.9. The number of alkyl halides is 3. The Bertz CT molecular complexity index is 330. The molecule has 0 radical (unpaired) electrons. The first-order valence-corrected chi connectivity index (χ1v) is 7.75. The zero-order valence-corrected chi connectivity index (χ0v) is 13.0. The van der Waals surface area contributed by atoms with Crippen LogP contribution in [0.3, 0.4) is 0 Å². The van der Waals surface area contributed by atoms with Gasteiger partial charge in [0, 0.05) is 13.1 Å². The predicted molar refractivity (Wildman–Crippen MR) is 77.5 cm³/mol. The third kappa shape index (κ3) is 9.09.